The SMILES string of the molecule is COc1ccc(-c2cn(CC[C@H]3CC[C@@H](NC(=O)CCN4CCCCC4)[C@H](CO)O3)nn2)cc1. The fraction of sp³-hybridized carbons (Fsp3) is 0.640. The van der Waals surface area contributed by atoms with Gasteiger partial charge in [-0.05, 0) is 69.5 Å². The van der Waals surface area contributed by atoms with Crippen molar-refractivity contribution in [2.75, 3.05) is 33.4 Å². The van der Waals surface area contributed by atoms with Crippen molar-refractivity contribution in [1.82, 2.24) is 25.2 Å². The van der Waals surface area contributed by atoms with Crippen LogP contribution in [0.2, 0.25) is 0 Å². The number of hydrogen-bond acceptors (Lipinski definition) is 7. The van der Waals surface area contributed by atoms with Crippen LogP contribution >= 0.6 is 0 Å². The number of aryl methyl sites for hydroxylation is 1. The third kappa shape index (κ3) is 6.77. The molecule has 2 fully saturated rings. The summed E-state index contributed by atoms with van der Waals surface area (Å²) in [4.78, 5) is 14.8. The second-order valence-electron chi connectivity index (χ2n) is 9.27. The van der Waals surface area contributed by atoms with E-state index in [9.17, 15) is 9.90 Å². The zero-order valence-electron chi connectivity index (χ0n) is 20.1. The first kappa shape index (κ1) is 24.6. The van der Waals surface area contributed by atoms with Gasteiger partial charge >= 0.3 is 0 Å². The smallest absolute Gasteiger partial charge is 0.221 e. The number of ether oxygens (including phenoxy) is 2. The van der Waals surface area contributed by atoms with E-state index in [1.807, 2.05) is 35.1 Å². The molecule has 1 amide bonds. The number of amides is 1. The monoisotopic (exact) mass is 471 g/mol. The van der Waals surface area contributed by atoms with Gasteiger partial charge in [-0.15, -0.1) is 5.10 Å². The highest BCUT2D eigenvalue weighted by Gasteiger charge is 2.31. The molecule has 2 saturated heterocycles. The highest BCUT2D eigenvalue weighted by atomic mass is 16.5. The molecule has 186 valence electrons. The Morgan fingerprint density at radius 3 is 2.71 bits per heavy atom. The number of carbonyl (C=O) groups is 1. The van der Waals surface area contributed by atoms with Crippen molar-refractivity contribution in [3.05, 3.63) is 30.5 Å². The van der Waals surface area contributed by atoms with Gasteiger partial charge in [-0.1, -0.05) is 11.6 Å². The lowest BCUT2D eigenvalue weighted by Crippen LogP contribution is -2.51. The topological polar surface area (TPSA) is 102 Å². The minimum atomic E-state index is -0.372. The number of rotatable bonds is 10. The zero-order valence-corrected chi connectivity index (χ0v) is 20.1. The van der Waals surface area contributed by atoms with Gasteiger partial charge in [-0.2, -0.15) is 0 Å². The molecule has 0 aliphatic carbocycles. The van der Waals surface area contributed by atoms with Crippen molar-refractivity contribution in [3.63, 3.8) is 0 Å². The summed E-state index contributed by atoms with van der Waals surface area (Å²) in [6.07, 6.45) is 8.25. The van der Waals surface area contributed by atoms with Crippen LogP contribution in [0.3, 0.4) is 0 Å². The number of likely N-dealkylation sites (tertiary alicyclic amines) is 1. The molecule has 34 heavy (non-hydrogen) atoms. The molecule has 2 N–H and O–H groups in total. The molecule has 1 aromatic carbocycles. The van der Waals surface area contributed by atoms with Crippen molar-refractivity contribution in [3.8, 4) is 17.0 Å². The predicted molar refractivity (Wildman–Crippen MR) is 128 cm³/mol. The first-order valence-electron chi connectivity index (χ1n) is 12.5. The van der Waals surface area contributed by atoms with Gasteiger partial charge < -0.3 is 24.8 Å². The van der Waals surface area contributed by atoms with Gasteiger partial charge in [0.25, 0.3) is 0 Å². The number of benzene rings is 1. The van der Waals surface area contributed by atoms with Gasteiger partial charge in [0.2, 0.25) is 5.91 Å². The number of aliphatic hydroxyl groups is 1. The van der Waals surface area contributed by atoms with Crippen molar-refractivity contribution in [2.24, 2.45) is 0 Å². The van der Waals surface area contributed by atoms with E-state index in [1.165, 1.54) is 19.3 Å². The van der Waals surface area contributed by atoms with Crippen LogP contribution in [0.4, 0.5) is 0 Å². The van der Waals surface area contributed by atoms with Gasteiger partial charge in [0, 0.05) is 25.1 Å². The Bertz CT molecular complexity index is 897. The number of hydrogen-bond donors (Lipinski definition) is 2. The van der Waals surface area contributed by atoms with E-state index < -0.39 is 0 Å². The lowest BCUT2D eigenvalue weighted by Gasteiger charge is -2.36. The largest absolute Gasteiger partial charge is 0.497 e. The lowest BCUT2D eigenvalue weighted by atomic mass is 9.97. The molecule has 1 aromatic heterocycles. The molecule has 2 aliphatic heterocycles. The molecule has 3 heterocycles. The molecule has 0 radical (unpaired) electrons. The van der Waals surface area contributed by atoms with Gasteiger partial charge in [0.1, 0.15) is 17.5 Å². The molecule has 2 aromatic rings. The maximum Gasteiger partial charge on any atom is 0.221 e. The average Bonchev–Trinajstić information content (AvgIpc) is 3.36. The van der Waals surface area contributed by atoms with E-state index >= 15 is 0 Å². The summed E-state index contributed by atoms with van der Waals surface area (Å²) >= 11 is 0. The molecule has 2 aliphatic rings. The van der Waals surface area contributed by atoms with Crippen LogP contribution in [0.5, 0.6) is 5.75 Å². The number of aromatic nitrogens is 3. The number of methoxy groups -OCH3 is 1. The van der Waals surface area contributed by atoms with Gasteiger partial charge in [0.05, 0.1) is 32.1 Å². The lowest BCUT2D eigenvalue weighted by molar-refractivity contribution is -0.129. The molecule has 9 nitrogen and oxygen atoms in total. The summed E-state index contributed by atoms with van der Waals surface area (Å²) in [5.41, 5.74) is 1.80. The van der Waals surface area contributed by atoms with Crippen LogP contribution in [0.25, 0.3) is 11.3 Å². The molecular weight excluding hydrogens is 434 g/mol. The third-order valence-electron chi connectivity index (χ3n) is 6.85. The molecule has 9 heteroatoms. The second kappa shape index (κ2) is 12.3. The minimum Gasteiger partial charge on any atom is -0.497 e. The highest BCUT2D eigenvalue weighted by Crippen LogP contribution is 2.24. The standard InChI is InChI=1S/C25H37N5O4/c1-33-20-7-5-19(6-8-20)23-17-30(28-27-23)16-11-21-9-10-22(24(18-31)34-21)26-25(32)12-15-29-13-3-2-4-14-29/h5-8,17,21-22,24,31H,2-4,9-16,18H2,1H3,(H,26,32)/t21-,22-,24+/m1/s1. The normalized spacial score (nSPS) is 23.5. The number of nitrogens with one attached hydrogen (secondary N) is 1. The molecule has 0 unspecified atom stereocenters. The van der Waals surface area contributed by atoms with Crippen LogP contribution in [0, 0.1) is 0 Å². The minimum absolute atomic E-state index is 0.0206. The summed E-state index contributed by atoms with van der Waals surface area (Å²) in [7, 11) is 1.65. The quantitative estimate of drug-likeness (QED) is 0.548. The maximum atomic E-state index is 12.5. The van der Waals surface area contributed by atoms with Crippen molar-refractivity contribution in [1.29, 1.82) is 0 Å². The Hall–Kier alpha value is -2.49. The average molecular weight is 472 g/mol. The van der Waals surface area contributed by atoms with E-state index in [4.69, 9.17) is 9.47 Å². The number of aliphatic hydroxyl groups excluding tert-OH is 1. The van der Waals surface area contributed by atoms with Crippen LogP contribution < -0.4 is 10.1 Å². The molecule has 0 bridgehead atoms. The Morgan fingerprint density at radius 2 is 1.97 bits per heavy atom. The Kier molecular flexibility index (Phi) is 8.90. The fourth-order valence-corrected chi connectivity index (χ4v) is 4.81. The van der Waals surface area contributed by atoms with Crippen LogP contribution in [-0.2, 0) is 16.1 Å². The summed E-state index contributed by atoms with van der Waals surface area (Å²) in [6, 6.07) is 7.60. The van der Waals surface area contributed by atoms with Crippen LogP contribution in [-0.4, -0.2) is 82.5 Å². The number of carbonyl (C=O) groups excluding carboxylic acids is 1. The summed E-state index contributed by atoms with van der Waals surface area (Å²) in [5, 5.41) is 21.5. The summed E-state index contributed by atoms with van der Waals surface area (Å²) in [5.74, 6) is 0.852. The summed E-state index contributed by atoms with van der Waals surface area (Å²) in [6.45, 7) is 3.57. The Balaban J connectivity index is 1.21. The highest BCUT2D eigenvalue weighted by molar-refractivity contribution is 5.76. The molecule has 0 spiro atoms. The predicted octanol–water partition coefficient (Wildman–Crippen LogP) is 2.24. The molecule has 0 saturated carbocycles. The summed E-state index contributed by atoms with van der Waals surface area (Å²) < 4.78 is 13.2. The van der Waals surface area contributed by atoms with Gasteiger partial charge in [-0.3, -0.25) is 9.48 Å². The van der Waals surface area contributed by atoms with Gasteiger partial charge in [-0.25, -0.2) is 0 Å². The molecular formula is C25H37N5O4. The first-order chi connectivity index (χ1) is 16.6. The first-order valence-corrected chi connectivity index (χ1v) is 12.5. The van der Waals surface area contributed by atoms with Crippen molar-refractivity contribution >= 4 is 5.91 Å². The van der Waals surface area contributed by atoms with Crippen LogP contribution in [0.1, 0.15) is 44.9 Å². The van der Waals surface area contributed by atoms with E-state index in [1.54, 1.807) is 7.11 Å². The zero-order chi connectivity index (χ0) is 23.8. The molecule has 4 rings (SSSR count). The Labute approximate surface area is 201 Å². The van der Waals surface area contributed by atoms with Gasteiger partial charge in [0.15, 0.2) is 0 Å². The maximum absolute atomic E-state index is 12.5. The van der Waals surface area contributed by atoms with E-state index in [0.717, 1.165) is 55.9 Å². The van der Waals surface area contributed by atoms with E-state index in [-0.39, 0.29) is 30.8 Å². The fourth-order valence-electron chi connectivity index (χ4n) is 4.81. The number of piperidine rings is 1. The Morgan fingerprint density at radius 1 is 1.18 bits per heavy atom. The van der Waals surface area contributed by atoms with Crippen LogP contribution in [0.15, 0.2) is 30.5 Å². The third-order valence-corrected chi connectivity index (χ3v) is 6.85. The van der Waals surface area contributed by atoms with Crippen molar-refractivity contribution < 1.29 is 19.4 Å². The van der Waals surface area contributed by atoms with Crippen molar-refractivity contribution in [2.45, 2.75) is 69.7 Å². The van der Waals surface area contributed by atoms with E-state index in [2.05, 4.69) is 20.5 Å². The second-order valence-corrected chi connectivity index (χ2v) is 9.27. The van der Waals surface area contributed by atoms with E-state index in [0.29, 0.717) is 13.0 Å². The number of nitrogens with zero attached hydrogens (tertiary/aromatic N) is 4. The molecule has 3 atom stereocenters.